The first-order chi connectivity index (χ1) is 10.7. The molecule has 23 heavy (non-hydrogen) atoms. The van der Waals surface area contributed by atoms with Crippen LogP contribution >= 0.6 is 0 Å². The number of hydrogen-bond donors (Lipinski definition) is 1. The first kappa shape index (κ1) is 17.5. The molecule has 0 unspecified atom stereocenters. The van der Waals surface area contributed by atoms with Crippen molar-refractivity contribution in [3.63, 3.8) is 0 Å². The quantitative estimate of drug-likeness (QED) is 0.867. The number of rotatable bonds is 3. The molecule has 2 rings (SSSR count). The summed E-state index contributed by atoms with van der Waals surface area (Å²) in [5, 5.41) is 2.93. The molecule has 1 fully saturated rings. The molecule has 4 heteroatoms. The maximum absolute atomic E-state index is 12.8. The molecule has 1 aliphatic heterocycles. The Morgan fingerprint density at radius 3 is 2.39 bits per heavy atom. The van der Waals surface area contributed by atoms with Crippen LogP contribution in [0.2, 0.25) is 0 Å². The highest BCUT2D eigenvalue weighted by molar-refractivity contribution is 6.10. The molecule has 2 amide bonds. The lowest BCUT2D eigenvalue weighted by atomic mass is 9.88. The van der Waals surface area contributed by atoms with Crippen LogP contribution in [0, 0.1) is 25.2 Å². The Hall–Kier alpha value is -1.84. The van der Waals surface area contributed by atoms with Crippen molar-refractivity contribution in [1.29, 1.82) is 0 Å². The van der Waals surface area contributed by atoms with Gasteiger partial charge >= 0.3 is 0 Å². The number of nitrogens with zero attached hydrogens (tertiary/aromatic N) is 1. The fraction of sp³-hybridized carbons (Fsp3) is 0.579. The number of amides is 2. The van der Waals surface area contributed by atoms with Crippen molar-refractivity contribution in [2.45, 2.75) is 47.5 Å². The van der Waals surface area contributed by atoms with Crippen LogP contribution in [0.5, 0.6) is 0 Å². The second-order valence-electron chi connectivity index (χ2n) is 7.37. The van der Waals surface area contributed by atoms with Crippen LogP contribution in [0.25, 0.3) is 0 Å². The van der Waals surface area contributed by atoms with Crippen molar-refractivity contribution < 1.29 is 9.59 Å². The number of piperidine rings is 1. The summed E-state index contributed by atoms with van der Waals surface area (Å²) in [6, 6.07) is 5.93. The topological polar surface area (TPSA) is 49.4 Å². The third kappa shape index (κ3) is 3.92. The van der Waals surface area contributed by atoms with Gasteiger partial charge in [0.1, 0.15) is 5.41 Å². The van der Waals surface area contributed by atoms with Gasteiger partial charge in [0.05, 0.1) is 0 Å². The zero-order chi connectivity index (χ0) is 17.2. The summed E-state index contributed by atoms with van der Waals surface area (Å²) < 4.78 is 0. The molecule has 0 aliphatic carbocycles. The molecule has 1 aromatic carbocycles. The van der Waals surface area contributed by atoms with Gasteiger partial charge in [0.2, 0.25) is 11.8 Å². The van der Waals surface area contributed by atoms with Crippen LogP contribution in [0.15, 0.2) is 18.2 Å². The van der Waals surface area contributed by atoms with Crippen LogP contribution < -0.4 is 5.32 Å². The third-order valence-electron chi connectivity index (χ3n) is 4.81. The van der Waals surface area contributed by atoms with Crippen molar-refractivity contribution in [2.24, 2.45) is 11.3 Å². The predicted molar refractivity (Wildman–Crippen MR) is 93.3 cm³/mol. The molecule has 0 radical (unpaired) electrons. The third-order valence-corrected chi connectivity index (χ3v) is 4.81. The van der Waals surface area contributed by atoms with E-state index in [1.54, 1.807) is 13.8 Å². The molecule has 1 aliphatic rings. The van der Waals surface area contributed by atoms with Crippen molar-refractivity contribution in [1.82, 2.24) is 4.90 Å². The lowest BCUT2D eigenvalue weighted by Gasteiger charge is -2.35. The average Bonchev–Trinajstić information content (AvgIpc) is 2.50. The van der Waals surface area contributed by atoms with Gasteiger partial charge in [-0.2, -0.15) is 0 Å². The van der Waals surface area contributed by atoms with Crippen LogP contribution in [0.4, 0.5) is 5.69 Å². The molecule has 1 saturated heterocycles. The largest absolute Gasteiger partial charge is 0.342 e. The molecule has 1 heterocycles. The number of likely N-dealkylation sites (tertiary alicyclic amines) is 1. The lowest BCUT2D eigenvalue weighted by molar-refractivity contribution is -0.147. The fourth-order valence-corrected chi connectivity index (χ4v) is 2.85. The molecule has 0 bridgehead atoms. The second kappa shape index (κ2) is 6.73. The maximum Gasteiger partial charge on any atom is 0.239 e. The first-order valence-electron chi connectivity index (χ1n) is 8.40. The van der Waals surface area contributed by atoms with Crippen molar-refractivity contribution >= 4 is 17.5 Å². The number of anilines is 1. The molecular formula is C19H28N2O2. The van der Waals surface area contributed by atoms with Crippen molar-refractivity contribution in [2.75, 3.05) is 18.4 Å². The molecule has 0 atom stereocenters. The highest BCUT2D eigenvalue weighted by Crippen LogP contribution is 2.26. The van der Waals surface area contributed by atoms with Gasteiger partial charge in [-0.05, 0) is 63.6 Å². The van der Waals surface area contributed by atoms with Crippen LogP contribution in [-0.2, 0) is 9.59 Å². The summed E-state index contributed by atoms with van der Waals surface area (Å²) in [6.07, 6.45) is 2.03. The minimum atomic E-state index is -1.06. The van der Waals surface area contributed by atoms with Crippen LogP contribution in [0.1, 0.15) is 44.7 Å². The minimum Gasteiger partial charge on any atom is -0.342 e. The van der Waals surface area contributed by atoms with Gasteiger partial charge in [0.15, 0.2) is 0 Å². The van der Waals surface area contributed by atoms with E-state index in [0.29, 0.717) is 5.92 Å². The predicted octanol–water partition coefficient (Wildman–Crippen LogP) is 3.53. The van der Waals surface area contributed by atoms with Gasteiger partial charge in [0, 0.05) is 18.8 Å². The number of hydrogen-bond acceptors (Lipinski definition) is 2. The second-order valence-corrected chi connectivity index (χ2v) is 7.37. The maximum atomic E-state index is 12.8. The van der Waals surface area contributed by atoms with Crippen LogP contribution in [0.3, 0.4) is 0 Å². The Bertz CT molecular complexity index is 599. The number of carbonyl (C=O) groups is 2. The minimum absolute atomic E-state index is 0.0767. The average molecular weight is 316 g/mol. The van der Waals surface area contributed by atoms with Gasteiger partial charge in [-0.3, -0.25) is 9.59 Å². The van der Waals surface area contributed by atoms with E-state index >= 15 is 0 Å². The van der Waals surface area contributed by atoms with E-state index in [2.05, 4.69) is 12.2 Å². The van der Waals surface area contributed by atoms with E-state index in [0.717, 1.165) is 42.7 Å². The summed E-state index contributed by atoms with van der Waals surface area (Å²) >= 11 is 0. The molecule has 0 spiro atoms. The first-order valence-corrected chi connectivity index (χ1v) is 8.40. The number of aryl methyl sites for hydroxylation is 2. The van der Waals surface area contributed by atoms with Crippen molar-refractivity contribution in [3.8, 4) is 0 Å². The van der Waals surface area contributed by atoms with Gasteiger partial charge in [-0.1, -0.05) is 19.1 Å². The van der Waals surface area contributed by atoms with Crippen molar-refractivity contribution in [3.05, 3.63) is 29.3 Å². The smallest absolute Gasteiger partial charge is 0.239 e. The lowest BCUT2D eigenvalue weighted by Crippen LogP contribution is -2.49. The summed E-state index contributed by atoms with van der Waals surface area (Å²) in [5.41, 5.74) is 1.80. The van der Waals surface area contributed by atoms with E-state index in [9.17, 15) is 9.59 Å². The zero-order valence-electron chi connectivity index (χ0n) is 14.9. The molecular weight excluding hydrogens is 288 g/mol. The molecule has 1 N–H and O–H groups in total. The van der Waals surface area contributed by atoms with Crippen LogP contribution in [-0.4, -0.2) is 29.8 Å². The fourth-order valence-electron chi connectivity index (χ4n) is 2.85. The van der Waals surface area contributed by atoms with E-state index in [-0.39, 0.29) is 11.8 Å². The normalized spacial score (nSPS) is 16.3. The molecule has 4 nitrogen and oxygen atoms in total. The Kier molecular flexibility index (Phi) is 5.12. The number of nitrogens with one attached hydrogen (secondary N) is 1. The SMILES string of the molecule is Cc1ccc(C)c(NC(=O)C(C)(C)C(=O)N2CCC(C)CC2)c1. The Labute approximate surface area is 139 Å². The molecule has 126 valence electrons. The molecule has 0 saturated carbocycles. The zero-order valence-corrected chi connectivity index (χ0v) is 14.9. The standard InChI is InChI=1S/C19H28N2O2/c1-13-8-10-21(11-9-13)18(23)19(4,5)17(22)20-16-12-14(2)6-7-15(16)3/h6-7,12-13H,8-11H2,1-5H3,(H,20,22). The summed E-state index contributed by atoms with van der Waals surface area (Å²) in [6.45, 7) is 11.1. The Morgan fingerprint density at radius 1 is 1.17 bits per heavy atom. The van der Waals surface area contributed by atoms with E-state index in [4.69, 9.17) is 0 Å². The summed E-state index contributed by atoms with van der Waals surface area (Å²) in [5.74, 6) is 0.341. The Morgan fingerprint density at radius 2 is 1.78 bits per heavy atom. The number of carbonyl (C=O) groups excluding carboxylic acids is 2. The van der Waals surface area contributed by atoms with E-state index in [1.165, 1.54) is 0 Å². The molecule has 0 aromatic heterocycles. The Balaban J connectivity index is 2.10. The van der Waals surface area contributed by atoms with Gasteiger partial charge < -0.3 is 10.2 Å². The summed E-state index contributed by atoms with van der Waals surface area (Å²) in [7, 11) is 0. The monoisotopic (exact) mass is 316 g/mol. The van der Waals surface area contributed by atoms with Gasteiger partial charge in [0.25, 0.3) is 0 Å². The highest BCUT2D eigenvalue weighted by atomic mass is 16.2. The highest BCUT2D eigenvalue weighted by Gasteiger charge is 2.40. The number of benzene rings is 1. The van der Waals surface area contributed by atoms with Gasteiger partial charge in [-0.15, -0.1) is 0 Å². The summed E-state index contributed by atoms with van der Waals surface area (Å²) in [4.78, 5) is 27.3. The molecule has 1 aromatic rings. The van der Waals surface area contributed by atoms with E-state index < -0.39 is 5.41 Å². The van der Waals surface area contributed by atoms with E-state index in [1.807, 2.05) is 36.9 Å². The van der Waals surface area contributed by atoms with Gasteiger partial charge in [-0.25, -0.2) is 0 Å².